The molecule has 0 aliphatic carbocycles. The largest absolute Gasteiger partial charge is 0.464 e. The van der Waals surface area contributed by atoms with Crippen molar-refractivity contribution in [3.05, 3.63) is 12.4 Å². The van der Waals surface area contributed by atoms with Crippen LogP contribution in [-0.2, 0) is 9.53 Å². The summed E-state index contributed by atoms with van der Waals surface area (Å²) in [4.78, 5) is 16.3. The fraction of sp³-hybridized carbons (Fsp3) is 0.889. The van der Waals surface area contributed by atoms with Gasteiger partial charge in [-0.25, -0.2) is 0 Å². The van der Waals surface area contributed by atoms with Crippen molar-refractivity contribution in [1.82, 2.24) is 9.80 Å². The molecule has 4 nitrogen and oxygen atoms in total. The lowest BCUT2D eigenvalue weighted by atomic mass is 10.0. The molecule has 1 aliphatic rings. The zero-order chi connectivity index (χ0) is 22.4. The van der Waals surface area contributed by atoms with Crippen LogP contribution in [0.25, 0.3) is 0 Å². The van der Waals surface area contributed by atoms with Crippen LogP contribution in [0, 0.1) is 0 Å². The summed E-state index contributed by atoms with van der Waals surface area (Å²) in [6.07, 6.45) is 28.3. The van der Waals surface area contributed by atoms with Gasteiger partial charge in [0, 0.05) is 18.9 Å². The Morgan fingerprint density at radius 2 is 1.10 bits per heavy atom. The minimum absolute atomic E-state index is 0.0945. The highest BCUT2D eigenvalue weighted by Crippen LogP contribution is 2.14. The van der Waals surface area contributed by atoms with Crippen LogP contribution in [0.5, 0.6) is 0 Å². The molecule has 0 amide bonds. The summed E-state index contributed by atoms with van der Waals surface area (Å²) < 4.78 is 5.41. The molecule has 0 radical (unpaired) electrons. The normalized spacial score (nSPS) is 13.4. The van der Waals surface area contributed by atoms with Crippen molar-refractivity contribution in [1.29, 1.82) is 0 Å². The molecule has 31 heavy (non-hydrogen) atoms. The number of nitrogens with zero attached hydrogens (tertiary/aromatic N) is 2. The quantitative estimate of drug-likeness (QED) is 0.129. The van der Waals surface area contributed by atoms with Crippen LogP contribution in [0.3, 0.4) is 0 Å². The molecule has 0 unspecified atom stereocenters. The van der Waals surface area contributed by atoms with Crippen LogP contribution in [0.1, 0.15) is 129 Å². The van der Waals surface area contributed by atoms with Crippen molar-refractivity contribution in [3.63, 3.8) is 0 Å². The van der Waals surface area contributed by atoms with Crippen molar-refractivity contribution >= 4 is 5.97 Å². The molecule has 1 heterocycles. The average molecular weight is 437 g/mol. The zero-order valence-corrected chi connectivity index (χ0v) is 20.9. The fourth-order valence-corrected chi connectivity index (χ4v) is 4.17. The first-order valence-corrected chi connectivity index (χ1v) is 13.6. The van der Waals surface area contributed by atoms with Gasteiger partial charge in [0.1, 0.15) is 6.54 Å². The Kier molecular flexibility index (Phi) is 18.6. The molecule has 1 rings (SSSR count). The van der Waals surface area contributed by atoms with Gasteiger partial charge in [-0.2, -0.15) is 0 Å². The van der Waals surface area contributed by atoms with E-state index in [0.717, 1.165) is 19.6 Å². The Morgan fingerprint density at radius 1 is 0.645 bits per heavy atom. The van der Waals surface area contributed by atoms with E-state index in [0.29, 0.717) is 13.2 Å². The summed E-state index contributed by atoms with van der Waals surface area (Å²) in [7, 11) is 0. The second kappa shape index (κ2) is 20.7. The van der Waals surface area contributed by atoms with Gasteiger partial charge in [-0.1, -0.05) is 117 Å². The average Bonchev–Trinajstić information content (AvgIpc) is 3.21. The highest BCUT2D eigenvalue weighted by atomic mass is 16.5. The lowest BCUT2D eigenvalue weighted by Gasteiger charge is -2.20. The molecule has 4 heteroatoms. The highest BCUT2D eigenvalue weighted by Gasteiger charge is 2.15. The topological polar surface area (TPSA) is 32.8 Å². The zero-order valence-electron chi connectivity index (χ0n) is 20.9. The molecule has 0 spiro atoms. The van der Waals surface area contributed by atoms with Crippen molar-refractivity contribution in [2.75, 3.05) is 26.4 Å². The Hall–Kier alpha value is -1.19. The summed E-state index contributed by atoms with van der Waals surface area (Å²) in [6, 6.07) is 0. The summed E-state index contributed by atoms with van der Waals surface area (Å²) in [6.45, 7) is 7.32. The van der Waals surface area contributed by atoms with E-state index in [2.05, 4.69) is 24.9 Å². The highest BCUT2D eigenvalue weighted by molar-refractivity contribution is 5.71. The summed E-state index contributed by atoms with van der Waals surface area (Å²) in [5.41, 5.74) is 0. The monoisotopic (exact) mass is 436 g/mol. The lowest BCUT2D eigenvalue weighted by Crippen LogP contribution is -2.31. The van der Waals surface area contributed by atoms with Crippen LogP contribution in [0.2, 0.25) is 0 Å². The third-order valence-corrected chi connectivity index (χ3v) is 6.24. The Labute approximate surface area is 193 Å². The number of carbonyl (C=O) groups is 1. The third kappa shape index (κ3) is 17.1. The van der Waals surface area contributed by atoms with Crippen molar-refractivity contribution in [3.8, 4) is 0 Å². The number of carbonyl (C=O) groups excluding carboxylic acids is 1. The van der Waals surface area contributed by atoms with Crippen molar-refractivity contribution in [2.45, 2.75) is 129 Å². The molecule has 0 saturated heterocycles. The van der Waals surface area contributed by atoms with Crippen molar-refractivity contribution in [2.24, 2.45) is 0 Å². The fourth-order valence-electron chi connectivity index (χ4n) is 4.17. The molecule has 0 aromatic rings. The number of ether oxygens (including phenoxy) is 1. The van der Waals surface area contributed by atoms with Gasteiger partial charge in [0.2, 0.25) is 0 Å². The molecule has 0 fully saturated rings. The summed E-state index contributed by atoms with van der Waals surface area (Å²) in [5.74, 6) is -0.0945. The molecular formula is C27H52N2O2. The number of unbranched alkanes of at least 4 members (excludes halogenated alkanes) is 16. The molecular weight excluding hydrogens is 384 g/mol. The van der Waals surface area contributed by atoms with E-state index < -0.39 is 0 Å². The molecule has 0 aromatic carbocycles. The first-order chi connectivity index (χ1) is 15.3. The smallest absolute Gasteiger partial charge is 0.325 e. The standard InChI is InChI=1S/C27H52N2O2/c1-3-5-7-8-9-10-11-12-13-14-15-16-17-18-19-20-24-31-27(30)25-29-23-22-28(26-29)21-6-4-2/h22-23H,3-21,24-26H2,1-2H3. The van der Waals surface area contributed by atoms with Crippen LogP contribution < -0.4 is 0 Å². The number of hydrogen-bond acceptors (Lipinski definition) is 4. The van der Waals surface area contributed by atoms with E-state index in [1.54, 1.807) is 0 Å². The van der Waals surface area contributed by atoms with Crippen LogP contribution in [0.4, 0.5) is 0 Å². The van der Waals surface area contributed by atoms with Gasteiger partial charge in [-0.05, 0) is 12.8 Å². The molecule has 182 valence electrons. The van der Waals surface area contributed by atoms with Gasteiger partial charge in [0.25, 0.3) is 0 Å². The SMILES string of the molecule is CCCCCCCCCCCCCCCCCCOC(=O)CN1C=CN(CCCC)C1. The van der Waals surface area contributed by atoms with Gasteiger partial charge in [-0.3, -0.25) is 4.79 Å². The Morgan fingerprint density at radius 3 is 1.61 bits per heavy atom. The van der Waals surface area contributed by atoms with E-state index in [4.69, 9.17) is 4.74 Å². The number of rotatable bonds is 22. The molecule has 0 saturated carbocycles. The molecule has 0 bridgehead atoms. The minimum atomic E-state index is -0.0945. The first-order valence-electron chi connectivity index (χ1n) is 13.6. The maximum atomic E-state index is 12.0. The number of esters is 1. The van der Waals surface area contributed by atoms with E-state index >= 15 is 0 Å². The van der Waals surface area contributed by atoms with Gasteiger partial charge >= 0.3 is 5.97 Å². The van der Waals surface area contributed by atoms with Crippen LogP contribution in [0.15, 0.2) is 12.4 Å². The first kappa shape index (κ1) is 27.8. The molecule has 0 N–H and O–H groups in total. The van der Waals surface area contributed by atoms with E-state index in [9.17, 15) is 4.79 Å². The van der Waals surface area contributed by atoms with E-state index in [-0.39, 0.29) is 5.97 Å². The molecule has 0 aromatic heterocycles. The van der Waals surface area contributed by atoms with E-state index in [1.165, 1.54) is 109 Å². The van der Waals surface area contributed by atoms with Gasteiger partial charge < -0.3 is 14.5 Å². The maximum Gasteiger partial charge on any atom is 0.325 e. The molecule has 0 atom stereocenters. The minimum Gasteiger partial charge on any atom is -0.464 e. The van der Waals surface area contributed by atoms with Crippen molar-refractivity contribution < 1.29 is 9.53 Å². The van der Waals surface area contributed by atoms with Gasteiger partial charge in [-0.15, -0.1) is 0 Å². The predicted octanol–water partition coefficient (Wildman–Crippen LogP) is 7.64. The van der Waals surface area contributed by atoms with Gasteiger partial charge in [0.05, 0.1) is 13.3 Å². The second-order valence-corrected chi connectivity index (χ2v) is 9.38. The lowest BCUT2D eigenvalue weighted by molar-refractivity contribution is -0.144. The van der Waals surface area contributed by atoms with Crippen LogP contribution >= 0.6 is 0 Å². The number of hydrogen-bond donors (Lipinski definition) is 0. The predicted molar refractivity (Wildman–Crippen MR) is 133 cm³/mol. The maximum absolute atomic E-state index is 12.0. The van der Waals surface area contributed by atoms with Gasteiger partial charge in [0.15, 0.2) is 0 Å². The van der Waals surface area contributed by atoms with Crippen LogP contribution in [-0.4, -0.2) is 42.1 Å². The van der Waals surface area contributed by atoms with E-state index in [1.807, 2.05) is 11.1 Å². The third-order valence-electron chi connectivity index (χ3n) is 6.24. The summed E-state index contributed by atoms with van der Waals surface area (Å²) in [5, 5.41) is 0. The Balaban J connectivity index is 1.77. The molecule has 1 aliphatic heterocycles. The Bertz CT molecular complexity index is 439. The second-order valence-electron chi connectivity index (χ2n) is 9.38. The summed E-state index contributed by atoms with van der Waals surface area (Å²) >= 11 is 0.